The van der Waals surface area contributed by atoms with E-state index in [0.717, 1.165) is 26.2 Å². The summed E-state index contributed by atoms with van der Waals surface area (Å²) in [6.07, 6.45) is 0. The second-order valence-electron chi connectivity index (χ2n) is 4.08. The number of nitrogen functional groups attached to an aromatic ring is 1. The molecule has 2 rings (SSSR count). The summed E-state index contributed by atoms with van der Waals surface area (Å²) < 4.78 is 1.95. The summed E-state index contributed by atoms with van der Waals surface area (Å²) in [6.45, 7) is 3.52. The maximum Gasteiger partial charge on any atom is 0.244 e. The number of halogens is 1. The molecular weight excluding hydrogens is 288 g/mol. The van der Waals surface area contributed by atoms with Gasteiger partial charge in [-0.05, 0) is 23.0 Å². The van der Waals surface area contributed by atoms with Gasteiger partial charge in [0.05, 0.1) is 0 Å². The molecule has 2 N–H and O–H groups in total. The van der Waals surface area contributed by atoms with Crippen molar-refractivity contribution >= 4 is 27.8 Å². The van der Waals surface area contributed by atoms with Gasteiger partial charge in [0.25, 0.3) is 0 Å². The number of likely N-dealkylation sites (N-methyl/N-ethyl adjacent to an activating group) is 1. The number of carbonyl (C=O) groups is 1. The molecule has 1 fully saturated rings. The number of hydrogen-bond acceptors (Lipinski definition) is 5. The summed E-state index contributed by atoms with van der Waals surface area (Å²) in [5.74, 6) is 0.215. The second kappa shape index (κ2) is 5.01. The summed E-state index contributed by atoms with van der Waals surface area (Å²) in [5, 5.41) is 3.94. The van der Waals surface area contributed by atoms with Gasteiger partial charge in [-0.3, -0.25) is 4.79 Å². The van der Waals surface area contributed by atoms with Crippen LogP contribution in [0.25, 0.3) is 0 Å². The molecule has 2 heterocycles. The first-order valence-electron chi connectivity index (χ1n) is 5.38. The Kier molecular flexibility index (Phi) is 3.63. The molecule has 0 spiro atoms. The maximum atomic E-state index is 12.0. The molecule has 0 bridgehead atoms. The number of anilines is 1. The zero-order chi connectivity index (χ0) is 12.4. The zero-order valence-electron chi connectivity index (χ0n) is 9.64. The predicted octanol–water partition coefficient (Wildman–Crippen LogP) is -0.603. The summed E-state index contributed by atoms with van der Waals surface area (Å²) in [7, 11) is 2.05. The monoisotopic (exact) mass is 302 g/mol. The van der Waals surface area contributed by atoms with Crippen LogP contribution >= 0.6 is 15.9 Å². The maximum absolute atomic E-state index is 12.0. The lowest BCUT2D eigenvalue weighted by atomic mass is 10.3. The molecule has 0 atom stereocenters. The van der Waals surface area contributed by atoms with Crippen molar-refractivity contribution in [3.63, 3.8) is 0 Å². The molecule has 0 aliphatic carbocycles. The fourth-order valence-corrected chi connectivity index (χ4v) is 2.11. The number of nitrogens with two attached hydrogens (primary N) is 1. The molecule has 1 aliphatic heterocycles. The smallest absolute Gasteiger partial charge is 0.244 e. The van der Waals surface area contributed by atoms with Crippen LogP contribution in [0.15, 0.2) is 4.73 Å². The minimum atomic E-state index is 0.0451. The summed E-state index contributed by atoms with van der Waals surface area (Å²) in [6, 6.07) is 0. The average molecular weight is 303 g/mol. The topological polar surface area (TPSA) is 80.3 Å². The molecule has 1 aromatic rings. The number of carbonyl (C=O) groups excluding carboxylic acids is 1. The SMILES string of the molecule is CN1CCN(C(=O)Cn2nc(N)nc2Br)CC1. The van der Waals surface area contributed by atoms with E-state index < -0.39 is 0 Å². The fraction of sp³-hybridized carbons (Fsp3) is 0.667. The highest BCUT2D eigenvalue weighted by Gasteiger charge is 2.20. The van der Waals surface area contributed by atoms with E-state index in [0.29, 0.717) is 4.73 Å². The molecule has 7 nitrogen and oxygen atoms in total. The summed E-state index contributed by atoms with van der Waals surface area (Å²) >= 11 is 3.21. The molecule has 17 heavy (non-hydrogen) atoms. The minimum absolute atomic E-state index is 0.0451. The van der Waals surface area contributed by atoms with Crippen molar-refractivity contribution in [3.05, 3.63) is 4.73 Å². The van der Waals surface area contributed by atoms with Crippen LogP contribution in [-0.2, 0) is 11.3 Å². The van der Waals surface area contributed by atoms with E-state index in [4.69, 9.17) is 5.73 Å². The molecule has 8 heteroatoms. The first-order valence-corrected chi connectivity index (χ1v) is 6.17. The third-order valence-corrected chi connectivity index (χ3v) is 3.37. The van der Waals surface area contributed by atoms with E-state index in [-0.39, 0.29) is 18.4 Å². The van der Waals surface area contributed by atoms with Crippen LogP contribution in [0.2, 0.25) is 0 Å². The van der Waals surface area contributed by atoms with Gasteiger partial charge in [0.1, 0.15) is 6.54 Å². The van der Waals surface area contributed by atoms with Crippen molar-refractivity contribution in [2.24, 2.45) is 0 Å². The van der Waals surface area contributed by atoms with Gasteiger partial charge < -0.3 is 15.5 Å². The summed E-state index contributed by atoms with van der Waals surface area (Å²) in [4.78, 5) is 19.9. The Morgan fingerprint density at radius 2 is 2.06 bits per heavy atom. The van der Waals surface area contributed by atoms with Gasteiger partial charge in [-0.15, -0.1) is 5.10 Å². The van der Waals surface area contributed by atoms with Gasteiger partial charge >= 0.3 is 0 Å². The Morgan fingerprint density at radius 3 is 2.59 bits per heavy atom. The molecule has 0 unspecified atom stereocenters. The van der Waals surface area contributed by atoms with E-state index in [1.165, 1.54) is 4.68 Å². The van der Waals surface area contributed by atoms with Gasteiger partial charge in [-0.2, -0.15) is 4.98 Å². The molecule has 1 aromatic heterocycles. The lowest BCUT2D eigenvalue weighted by molar-refractivity contribution is -0.133. The quantitative estimate of drug-likeness (QED) is 0.789. The van der Waals surface area contributed by atoms with E-state index in [1.54, 1.807) is 0 Å². The van der Waals surface area contributed by atoms with Crippen LogP contribution < -0.4 is 5.73 Å². The van der Waals surface area contributed by atoms with Crippen molar-refractivity contribution < 1.29 is 4.79 Å². The molecule has 0 radical (unpaired) electrons. The number of hydrogen-bond donors (Lipinski definition) is 1. The molecule has 94 valence electrons. The first kappa shape index (κ1) is 12.3. The number of nitrogens with zero attached hydrogens (tertiary/aromatic N) is 5. The highest BCUT2D eigenvalue weighted by molar-refractivity contribution is 9.10. The van der Waals surface area contributed by atoms with Crippen molar-refractivity contribution in [3.8, 4) is 0 Å². The number of rotatable bonds is 2. The zero-order valence-corrected chi connectivity index (χ0v) is 11.2. The van der Waals surface area contributed by atoms with Crippen molar-refractivity contribution in [2.75, 3.05) is 39.0 Å². The van der Waals surface area contributed by atoms with Crippen molar-refractivity contribution in [2.45, 2.75) is 6.54 Å². The van der Waals surface area contributed by atoms with E-state index in [2.05, 4.69) is 38.0 Å². The Balaban J connectivity index is 1.95. The highest BCUT2D eigenvalue weighted by Crippen LogP contribution is 2.09. The molecule has 0 saturated carbocycles. The van der Waals surface area contributed by atoms with Gasteiger partial charge in [0, 0.05) is 26.2 Å². The third kappa shape index (κ3) is 2.95. The van der Waals surface area contributed by atoms with E-state index >= 15 is 0 Å². The molecule has 1 saturated heterocycles. The van der Waals surface area contributed by atoms with E-state index in [1.807, 2.05) is 4.90 Å². The molecule has 1 amide bonds. The van der Waals surface area contributed by atoms with Crippen LogP contribution in [0.3, 0.4) is 0 Å². The average Bonchev–Trinajstić information content (AvgIpc) is 2.58. The van der Waals surface area contributed by atoms with E-state index in [9.17, 15) is 4.79 Å². The summed E-state index contributed by atoms with van der Waals surface area (Å²) in [5.41, 5.74) is 5.45. The van der Waals surface area contributed by atoms with Crippen LogP contribution in [-0.4, -0.2) is 63.7 Å². The van der Waals surface area contributed by atoms with Crippen LogP contribution in [0.1, 0.15) is 0 Å². The van der Waals surface area contributed by atoms with Gasteiger partial charge in [-0.25, -0.2) is 4.68 Å². The normalized spacial score (nSPS) is 17.4. The van der Waals surface area contributed by atoms with Gasteiger partial charge in [-0.1, -0.05) is 0 Å². The number of amides is 1. The largest absolute Gasteiger partial charge is 0.366 e. The third-order valence-electron chi connectivity index (χ3n) is 2.78. The highest BCUT2D eigenvalue weighted by atomic mass is 79.9. The van der Waals surface area contributed by atoms with Gasteiger partial charge in [0.15, 0.2) is 4.73 Å². The lowest BCUT2D eigenvalue weighted by Gasteiger charge is -2.32. The Hall–Kier alpha value is -1.15. The standard InChI is InChI=1S/C9H15BrN6O/c1-14-2-4-15(5-3-14)7(17)6-16-8(10)12-9(11)13-16/h2-6H2,1H3,(H2,11,13). The second-order valence-corrected chi connectivity index (χ2v) is 4.79. The van der Waals surface area contributed by atoms with Crippen LogP contribution in [0.5, 0.6) is 0 Å². The van der Waals surface area contributed by atoms with Crippen molar-refractivity contribution in [1.82, 2.24) is 24.6 Å². The predicted molar refractivity (Wildman–Crippen MR) is 66.2 cm³/mol. The lowest BCUT2D eigenvalue weighted by Crippen LogP contribution is -2.48. The first-order chi connectivity index (χ1) is 8.06. The Labute approximate surface area is 108 Å². The van der Waals surface area contributed by atoms with Gasteiger partial charge in [0.2, 0.25) is 11.9 Å². The number of piperazine rings is 1. The minimum Gasteiger partial charge on any atom is -0.366 e. The van der Waals surface area contributed by atoms with Crippen LogP contribution in [0, 0.1) is 0 Å². The Morgan fingerprint density at radius 1 is 1.41 bits per heavy atom. The van der Waals surface area contributed by atoms with Crippen LogP contribution in [0.4, 0.5) is 5.95 Å². The molecular formula is C9H15BrN6O. The fourth-order valence-electron chi connectivity index (χ4n) is 1.72. The number of aromatic nitrogens is 3. The molecule has 0 aromatic carbocycles. The molecule has 1 aliphatic rings. The van der Waals surface area contributed by atoms with Crippen molar-refractivity contribution in [1.29, 1.82) is 0 Å². The Bertz CT molecular complexity index is 412.